The molecule has 0 unspecified atom stereocenters. The number of anilines is 2. The first-order valence-corrected chi connectivity index (χ1v) is 8.81. The summed E-state index contributed by atoms with van der Waals surface area (Å²) in [6.45, 7) is 2.61. The average molecular weight is 346 g/mol. The van der Waals surface area contributed by atoms with Crippen LogP contribution in [-0.4, -0.2) is 38.7 Å². The number of hydrogen-bond acceptors (Lipinski definition) is 5. The fourth-order valence-electron chi connectivity index (χ4n) is 3.57. The molecular formula is C19H18N6O. The monoisotopic (exact) mass is 346 g/mol. The average Bonchev–Trinajstić information content (AvgIpc) is 3.41. The number of fused-ring (bicyclic) bond motifs is 1. The highest BCUT2D eigenvalue weighted by Crippen LogP contribution is 2.28. The zero-order valence-corrected chi connectivity index (χ0v) is 14.2. The van der Waals surface area contributed by atoms with E-state index in [0.29, 0.717) is 12.1 Å². The van der Waals surface area contributed by atoms with Gasteiger partial charge in [0.15, 0.2) is 0 Å². The zero-order valence-electron chi connectivity index (χ0n) is 14.2. The molecule has 2 aliphatic rings. The molecule has 1 saturated heterocycles. The molecular weight excluding hydrogens is 328 g/mol. The molecule has 1 fully saturated rings. The minimum Gasteiger partial charge on any atom is -0.357 e. The molecule has 0 spiro atoms. The largest absolute Gasteiger partial charge is 0.357 e. The van der Waals surface area contributed by atoms with Gasteiger partial charge < -0.3 is 9.80 Å². The number of hydrogen-bond donors (Lipinski definition) is 0. The van der Waals surface area contributed by atoms with Crippen LogP contribution in [0.4, 0.5) is 11.5 Å². The van der Waals surface area contributed by atoms with Crippen molar-refractivity contribution in [2.24, 2.45) is 0 Å². The van der Waals surface area contributed by atoms with Crippen LogP contribution in [0.5, 0.6) is 0 Å². The second-order valence-corrected chi connectivity index (χ2v) is 6.61. The van der Waals surface area contributed by atoms with Crippen LogP contribution < -0.4 is 9.80 Å². The number of pyridine rings is 2. The normalized spacial score (nSPS) is 16.4. The van der Waals surface area contributed by atoms with E-state index < -0.39 is 0 Å². The van der Waals surface area contributed by atoms with Crippen molar-refractivity contribution in [2.75, 3.05) is 22.9 Å². The smallest absolute Gasteiger partial charge is 0.262 e. The van der Waals surface area contributed by atoms with Gasteiger partial charge in [0.05, 0.1) is 41.6 Å². The number of carbonyl (C=O) groups excluding carboxylic acids is 1. The first-order valence-electron chi connectivity index (χ1n) is 8.81. The molecule has 5 rings (SSSR count). The highest BCUT2D eigenvalue weighted by Gasteiger charge is 2.32. The van der Waals surface area contributed by atoms with Gasteiger partial charge in [-0.15, -0.1) is 0 Å². The predicted octanol–water partition coefficient (Wildman–Crippen LogP) is 2.42. The Kier molecular flexibility index (Phi) is 3.44. The van der Waals surface area contributed by atoms with Crippen LogP contribution in [0.15, 0.2) is 49.1 Å². The molecule has 7 nitrogen and oxygen atoms in total. The van der Waals surface area contributed by atoms with E-state index in [1.54, 1.807) is 28.2 Å². The third-order valence-corrected chi connectivity index (χ3v) is 4.96. The van der Waals surface area contributed by atoms with Gasteiger partial charge in [0.2, 0.25) is 0 Å². The Bertz CT molecular complexity index is 944. The Balaban J connectivity index is 1.39. The Hall–Kier alpha value is -3.22. The third kappa shape index (κ3) is 2.44. The molecule has 2 aliphatic heterocycles. The van der Waals surface area contributed by atoms with E-state index in [9.17, 15) is 4.79 Å². The first-order chi connectivity index (χ1) is 12.8. The molecule has 0 radical (unpaired) electrons. The fraction of sp³-hybridized carbons (Fsp3) is 0.263. The number of rotatable bonds is 3. The highest BCUT2D eigenvalue weighted by atomic mass is 16.2. The lowest BCUT2D eigenvalue weighted by Gasteiger charge is -2.16. The van der Waals surface area contributed by atoms with Crippen molar-refractivity contribution in [3.8, 4) is 5.69 Å². The Morgan fingerprint density at radius 1 is 1.00 bits per heavy atom. The van der Waals surface area contributed by atoms with Crippen LogP contribution in [0.1, 0.15) is 28.9 Å². The fourth-order valence-corrected chi connectivity index (χ4v) is 3.57. The maximum Gasteiger partial charge on any atom is 0.262 e. The summed E-state index contributed by atoms with van der Waals surface area (Å²) >= 11 is 0. The number of amides is 1. The maximum absolute atomic E-state index is 12.7. The summed E-state index contributed by atoms with van der Waals surface area (Å²) < 4.78 is 1.74. The van der Waals surface area contributed by atoms with Crippen LogP contribution in [0.3, 0.4) is 0 Å². The lowest BCUT2D eigenvalue weighted by atomic mass is 10.3. The summed E-state index contributed by atoms with van der Waals surface area (Å²) in [5.74, 6) is 0.964. The SMILES string of the molecule is O=C1c2cn(-c3ccc(N4CCCC4)nc3)nc2CN1c1cccnc1. The van der Waals surface area contributed by atoms with E-state index in [-0.39, 0.29) is 5.91 Å². The van der Waals surface area contributed by atoms with E-state index >= 15 is 0 Å². The lowest BCUT2D eigenvalue weighted by Crippen LogP contribution is -2.23. The van der Waals surface area contributed by atoms with Gasteiger partial charge in [-0.2, -0.15) is 5.10 Å². The van der Waals surface area contributed by atoms with Gasteiger partial charge in [-0.3, -0.25) is 9.78 Å². The standard InChI is InChI=1S/C19H18N6O/c26-19-16-12-25(15-5-6-18(21-11-15)23-8-1-2-9-23)22-17(16)13-24(19)14-4-3-7-20-10-14/h3-7,10-12H,1-2,8-9,13H2. The van der Waals surface area contributed by atoms with E-state index in [2.05, 4.69) is 20.0 Å². The quantitative estimate of drug-likeness (QED) is 0.729. The molecule has 0 atom stereocenters. The summed E-state index contributed by atoms with van der Waals surface area (Å²) in [7, 11) is 0. The van der Waals surface area contributed by atoms with Gasteiger partial charge in [-0.05, 0) is 37.1 Å². The molecule has 3 aromatic heterocycles. The van der Waals surface area contributed by atoms with E-state index in [4.69, 9.17) is 0 Å². The predicted molar refractivity (Wildman–Crippen MR) is 97.6 cm³/mol. The van der Waals surface area contributed by atoms with Crippen molar-refractivity contribution in [2.45, 2.75) is 19.4 Å². The van der Waals surface area contributed by atoms with Crippen molar-refractivity contribution >= 4 is 17.4 Å². The number of nitrogens with zero attached hydrogens (tertiary/aromatic N) is 6. The van der Waals surface area contributed by atoms with E-state index in [0.717, 1.165) is 36.0 Å². The molecule has 7 heteroatoms. The molecule has 130 valence electrons. The lowest BCUT2D eigenvalue weighted by molar-refractivity contribution is 0.0996. The second kappa shape index (κ2) is 5.94. The minimum atomic E-state index is -0.0408. The summed E-state index contributed by atoms with van der Waals surface area (Å²) in [6, 6.07) is 7.74. The molecule has 0 saturated carbocycles. The minimum absolute atomic E-state index is 0.0408. The number of aromatic nitrogens is 4. The maximum atomic E-state index is 12.7. The molecule has 3 aromatic rings. The van der Waals surface area contributed by atoms with Crippen molar-refractivity contribution in [1.82, 2.24) is 19.7 Å². The van der Waals surface area contributed by atoms with Crippen molar-refractivity contribution in [3.63, 3.8) is 0 Å². The van der Waals surface area contributed by atoms with Crippen molar-refractivity contribution in [3.05, 3.63) is 60.3 Å². The summed E-state index contributed by atoms with van der Waals surface area (Å²) in [5.41, 5.74) is 3.07. The van der Waals surface area contributed by atoms with Crippen LogP contribution >= 0.6 is 0 Å². The van der Waals surface area contributed by atoms with Gasteiger partial charge in [-0.25, -0.2) is 9.67 Å². The van der Waals surface area contributed by atoms with Crippen LogP contribution in [0.25, 0.3) is 5.69 Å². The number of carbonyl (C=O) groups is 1. The Labute approximate surface area is 150 Å². The highest BCUT2D eigenvalue weighted by molar-refractivity contribution is 6.09. The first kappa shape index (κ1) is 15.1. The molecule has 0 aromatic carbocycles. The second-order valence-electron chi connectivity index (χ2n) is 6.61. The van der Waals surface area contributed by atoms with Crippen molar-refractivity contribution in [1.29, 1.82) is 0 Å². The molecule has 0 aliphatic carbocycles. The van der Waals surface area contributed by atoms with Gasteiger partial charge in [-0.1, -0.05) is 0 Å². The molecule has 0 N–H and O–H groups in total. The van der Waals surface area contributed by atoms with E-state index in [1.807, 2.05) is 30.5 Å². The van der Waals surface area contributed by atoms with Gasteiger partial charge in [0.1, 0.15) is 5.82 Å². The van der Waals surface area contributed by atoms with Crippen LogP contribution in [-0.2, 0) is 6.54 Å². The Morgan fingerprint density at radius 3 is 2.58 bits per heavy atom. The molecule has 26 heavy (non-hydrogen) atoms. The zero-order chi connectivity index (χ0) is 17.5. The molecule has 1 amide bonds. The van der Waals surface area contributed by atoms with Gasteiger partial charge in [0, 0.05) is 25.5 Å². The van der Waals surface area contributed by atoms with Gasteiger partial charge >= 0.3 is 0 Å². The van der Waals surface area contributed by atoms with Crippen LogP contribution in [0.2, 0.25) is 0 Å². The summed E-state index contributed by atoms with van der Waals surface area (Å²) in [5, 5.41) is 4.59. The van der Waals surface area contributed by atoms with Gasteiger partial charge in [0.25, 0.3) is 5.91 Å². The van der Waals surface area contributed by atoms with E-state index in [1.165, 1.54) is 12.8 Å². The summed E-state index contributed by atoms with van der Waals surface area (Å²) in [4.78, 5) is 25.3. The van der Waals surface area contributed by atoms with Crippen molar-refractivity contribution < 1.29 is 4.79 Å². The topological polar surface area (TPSA) is 67.2 Å². The summed E-state index contributed by atoms with van der Waals surface area (Å²) in [6.07, 6.45) is 9.45. The third-order valence-electron chi connectivity index (χ3n) is 4.96. The Morgan fingerprint density at radius 2 is 1.88 bits per heavy atom. The molecule has 0 bridgehead atoms. The molecule has 5 heterocycles. The van der Waals surface area contributed by atoms with Crippen LogP contribution in [0, 0.1) is 0 Å².